The molecule has 3 rings (SSSR count). The molecule has 1 aliphatic rings. The van der Waals surface area contributed by atoms with Crippen LogP contribution in [0, 0.1) is 23.6 Å². The first-order valence-electron chi connectivity index (χ1n) is 8.77. The van der Waals surface area contributed by atoms with Crippen LogP contribution in [0.4, 0.5) is 4.39 Å². The first kappa shape index (κ1) is 21.1. The molecule has 142 valence electrons. The van der Waals surface area contributed by atoms with Crippen molar-refractivity contribution in [3.8, 4) is 11.8 Å². The molecule has 27 heavy (non-hydrogen) atoms. The second-order valence-corrected chi connectivity index (χ2v) is 6.76. The number of hydrogen-bond donors (Lipinski definition) is 0. The highest BCUT2D eigenvalue weighted by atomic mass is 79.9. The van der Waals surface area contributed by atoms with Crippen molar-refractivity contribution in [3.63, 3.8) is 0 Å². The smallest absolute Gasteiger partial charge is 0.311 e. The van der Waals surface area contributed by atoms with Gasteiger partial charge in [-0.3, -0.25) is 9.69 Å². The highest BCUT2D eigenvalue weighted by molar-refractivity contribution is 9.10. The largest absolute Gasteiger partial charge is 0.469 e. The van der Waals surface area contributed by atoms with Crippen molar-refractivity contribution in [1.29, 1.82) is 0 Å². The molecule has 0 atom stereocenters. The van der Waals surface area contributed by atoms with Gasteiger partial charge in [0.25, 0.3) is 0 Å². The van der Waals surface area contributed by atoms with Crippen molar-refractivity contribution in [2.45, 2.75) is 20.4 Å². The molecule has 0 unspecified atom stereocenters. The molecule has 0 bridgehead atoms. The molecular formula is C21H22BrFN2O2. The van der Waals surface area contributed by atoms with Crippen LogP contribution in [0.3, 0.4) is 0 Å². The van der Waals surface area contributed by atoms with Crippen LogP contribution in [0.15, 0.2) is 41.0 Å². The lowest BCUT2D eigenvalue weighted by Gasteiger charge is -2.37. The van der Waals surface area contributed by atoms with E-state index < -0.39 is 0 Å². The molecule has 1 saturated heterocycles. The Labute approximate surface area is 167 Å². The summed E-state index contributed by atoms with van der Waals surface area (Å²) in [5.41, 5.74) is 1.78. The quantitative estimate of drug-likeness (QED) is 0.542. The Morgan fingerprint density at radius 2 is 2.04 bits per heavy atom. The van der Waals surface area contributed by atoms with Gasteiger partial charge in [0.1, 0.15) is 11.5 Å². The van der Waals surface area contributed by atoms with Crippen molar-refractivity contribution in [2.24, 2.45) is 5.92 Å². The maximum atomic E-state index is 14.2. The predicted molar refractivity (Wildman–Crippen MR) is 106 cm³/mol. The minimum atomic E-state index is -0.354. The number of ether oxygens (including phenoxy) is 1. The molecular weight excluding hydrogens is 411 g/mol. The molecule has 0 saturated carbocycles. The topological polar surface area (TPSA) is 42.4 Å². The summed E-state index contributed by atoms with van der Waals surface area (Å²) in [6.07, 6.45) is 1.65. The number of aromatic nitrogens is 1. The summed E-state index contributed by atoms with van der Waals surface area (Å²) in [4.78, 5) is 17.6. The number of nitrogens with zero attached hydrogens (tertiary/aromatic N) is 2. The highest BCUT2D eigenvalue weighted by Gasteiger charge is 2.33. The van der Waals surface area contributed by atoms with E-state index in [1.165, 1.54) is 13.2 Å². The SMILES string of the molecule is CC.COC(=O)C1CN(Cc2ccc(C#Cc3ccc(Br)cn3)c(F)c2)C1. The normalized spacial score (nSPS) is 13.5. The molecule has 0 amide bonds. The first-order valence-corrected chi connectivity index (χ1v) is 9.56. The number of likely N-dealkylation sites (tertiary alicyclic amines) is 1. The number of pyridine rings is 1. The van der Waals surface area contributed by atoms with Gasteiger partial charge in [0.15, 0.2) is 0 Å². The predicted octanol–water partition coefficient (Wildman–Crippen LogP) is 4.01. The van der Waals surface area contributed by atoms with Gasteiger partial charge in [-0.05, 0) is 51.7 Å². The van der Waals surface area contributed by atoms with Crippen molar-refractivity contribution in [3.05, 3.63) is 63.6 Å². The van der Waals surface area contributed by atoms with Crippen molar-refractivity contribution < 1.29 is 13.9 Å². The molecule has 1 aliphatic heterocycles. The van der Waals surface area contributed by atoms with E-state index in [4.69, 9.17) is 4.74 Å². The monoisotopic (exact) mass is 432 g/mol. The Bertz CT molecular complexity index is 837. The highest BCUT2D eigenvalue weighted by Crippen LogP contribution is 2.20. The average Bonchev–Trinajstić information content (AvgIpc) is 2.66. The van der Waals surface area contributed by atoms with Crippen LogP contribution >= 0.6 is 15.9 Å². The minimum absolute atomic E-state index is 0.0709. The summed E-state index contributed by atoms with van der Waals surface area (Å²) in [7, 11) is 1.39. The van der Waals surface area contributed by atoms with Crippen LogP contribution < -0.4 is 0 Å². The number of hydrogen-bond acceptors (Lipinski definition) is 4. The van der Waals surface area contributed by atoms with Gasteiger partial charge in [-0.25, -0.2) is 9.37 Å². The number of halogens is 2. The summed E-state index contributed by atoms with van der Waals surface area (Å²) >= 11 is 3.31. The summed E-state index contributed by atoms with van der Waals surface area (Å²) < 4.78 is 19.8. The van der Waals surface area contributed by atoms with Crippen LogP contribution in [0.25, 0.3) is 0 Å². The lowest BCUT2D eigenvalue weighted by Crippen LogP contribution is -2.49. The van der Waals surface area contributed by atoms with Gasteiger partial charge in [0.05, 0.1) is 18.6 Å². The van der Waals surface area contributed by atoms with Crippen LogP contribution in [-0.4, -0.2) is 36.1 Å². The van der Waals surface area contributed by atoms with Crippen molar-refractivity contribution >= 4 is 21.9 Å². The number of methoxy groups -OCH3 is 1. The molecule has 0 N–H and O–H groups in total. The third-order valence-electron chi connectivity index (χ3n) is 3.98. The zero-order chi connectivity index (χ0) is 19.8. The fraction of sp³-hybridized carbons (Fsp3) is 0.333. The fourth-order valence-electron chi connectivity index (χ4n) is 2.61. The van der Waals surface area contributed by atoms with E-state index in [2.05, 4.69) is 37.7 Å². The Kier molecular flexibility index (Phi) is 7.96. The van der Waals surface area contributed by atoms with Crippen LogP contribution in [0.5, 0.6) is 0 Å². The Morgan fingerprint density at radius 1 is 1.30 bits per heavy atom. The van der Waals surface area contributed by atoms with Crippen LogP contribution in [0.1, 0.15) is 30.7 Å². The Balaban J connectivity index is 0.00000126. The molecule has 1 aromatic heterocycles. The van der Waals surface area contributed by atoms with Gasteiger partial charge in [-0.15, -0.1) is 0 Å². The molecule has 4 nitrogen and oxygen atoms in total. The van der Waals surface area contributed by atoms with E-state index in [1.807, 2.05) is 26.0 Å². The molecule has 0 radical (unpaired) electrons. The third kappa shape index (κ3) is 5.88. The van der Waals surface area contributed by atoms with Gasteiger partial charge in [0.2, 0.25) is 0 Å². The summed E-state index contributed by atoms with van der Waals surface area (Å²) in [5, 5.41) is 0. The summed E-state index contributed by atoms with van der Waals surface area (Å²) in [6.45, 7) is 5.89. The third-order valence-corrected chi connectivity index (χ3v) is 4.45. The summed E-state index contributed by atoms with van der Waals surface area (Å²) in [5.74, 6) is 5.05. The lowest BCUT2D eigenvalue weighted by atomic mass is 9.99. The van der Waals surface area contributed by atoms with E-state index in [1.54, 1.807) is 18.3 Å². The second-order valence-electron chi connectivity index (χ2n) is 5.84. The number of carbonyl (C=O) groups is 1. The van der Waals surface area contributed by atoms with Crippen LogP contribution in [-0.2, 0) is 16.1 Å². The maximum Gasteiger partial charge on any atom is 0.311 e. The number of benzene rings is 1. The van der Waals surface area contributed by atoms with Gasteiger partial charge in [-0.2, -0.15) is 0 Å². The molecule has 1 fully saturated rings. The van der Waals surface area contributed by atoms with Gasteiger partial charge < -0.3 is 4.74 Å². The molecule has 1 aromatic carbocycles. The Morgan fingerprint density at radius 3 is 2.63 bits per heavy atom. The standard InChI is InChI=1S/C19H16BrFN2O2.C2H6/c1-25-19(24)15-11-23(12-15)10-13-2-3-14(18(21)8-13)4-6-17-7-5-16(20)9-22-17;1-2/h2-3,5,7-9,15H,10-12H2,1H3;1-2H3. The zero-order valence-electron chi connectivity index (χ0n) is 15.6. The van der Waals surface area contributed by atoms with Gasteiger partial charge in [-0.1, -0.05) is 25.8 Å². The van der Waals surface area contributed by atoms with E-state index >= 15 is 0 Å². The van der Waals surface area contributed by atoms with Crippen molar-refractivity contribution in [1.82, 2.24) is 9.88 Å². The van der Waals surface area contributed by atoms with E-state index in [-0.39, 0.29) is 17.7 Å². The van der Waals surface area contributed by atoms with Crippen LogP contribution in [0.2, 0.25) is 0 Å². The fourth-order valence-corrected chi connectivity index (χ4v) is 2.85. The van der Waals surface area contributed by atoms with Gasteiger partial charge >= 0.3 is 5.97 Å². The van der Waals surface area contributed by atoms with E-state index in [9.17, 15) is 9.18 Å². The lowest BCUT2D eigenvalue weighted by molar-refractivity contribution is -0.151. The number of esters is 1. The van der Waals surface area contributed by atoms with Crippen molar-refractivity contribution in [2.75, 3.05) is 20.2 Å². The Hall–Kier alpha value is -2.23. The first-order chi connectivity index (χ1) is 13.0. The zero-order valence-corrected chi connectivity index (χ0v) is 17.2. The second kappa shape index (κ2) is 10.2. The summed E-state index contributed by atoms with van der Waals surface area (Å²) in [6, 6.07) is 8.63. The number of rotatable bonds is 3. The number of carbonyl (C=O) groups excluding carboxylic acids is 1. The molecule has 2 aromatic rings. The van der Waals surface area contributed by atoms with E-state index in [0.29, 0.717) is 30.9 Å². The average molecular weight is 433 g/mol. The molecule has 0 spiro atoms. The van der Waals surface area contributed by atoms with E-state index in [0.717, 1.165) is 10.0 Å². The maximum absolute atomic E-state index is 14.2. The van der Waals surface area contributed by atoms with Gasteiger partial charge in [0, 0.05) is 30.3 Å². The molecule has 6 heteroatoms. The molecule has 2 heterocycles. The minimum Gasteiger partial charge on any atom is -0.469 e. The molecule has 0 aliphatic carbocycles.